The molecule has 0 radical (unpaired) electrons. The lowest BCUT2D eigenvalue weighted by atomic mass is 9.59. The maximum atomic E-state index is 10.9. The minimum atomic E-state index is -0.186. The fourth-order valence-corrected chi connectivity index (χ4v) is 3.54. The van der Waals surface area contributed by atoms with E-state index in [2.05, 4.69) is 26.8 Å². The minimum absolute atomic E-state index is 0.186. The van der Waals surface area contributed by atoms with Gasteiger partial charge in [0.25, 0.3) is 0 Å². The molecule has 0 aromatic rings. The third-order valence-electron chi connectivity index (χ3n) is 5.18. The van der Waals surface area contributed by atoms with E-state index in [0.717, 1.165) is 18.8 Å². The quantitative estimate of drug-likeness (QED) is 0.544. The van der Waals surface area contributed by atoms with Gasteiger partial charge in [-0.3, -0.25) is 4.79 Å². The average molecular weight is 262 g/mol. The van der Waals surface area contributed by atoms with E-state index in [9.17, 15) is 4.79 Å². The van der Waals surface area contributed by atoms with E-state index in [1.807, 2.05) is 0 Å². The molecule has 0 heterocycles. The normalized spacial score (nSPS) is 33.3. The molecule has 2 aliphatic rings. The van der Waals surface area contributed by atoms with Gasteiger partial charge in [0, 0.05) is 6.92 Å². The summed E-state index contributed by atoms with van der Waals surface area (Å²) >= 11 is 0. The number of esters is 1. The predicted octanol–water partition coefficient (Wildman–Crippen LogP) is 4.41. The standard InChI is InChI=1S/C17H26O2/c1-12(11-19-14(3)18)15-8-9-16-7-5-6-13(2)17(16,4)10-15/h7,13H,5-6,8-11H2,1-4H3/t13-,17+/m1/s1. The summed E-state index contributed by atoms with van der Waals surface area (Å²) in [6.45, 7) is 8.86. The monoisotopic (exact) mass is 262 g/mol. The number of carbonyl (C=O) groups excluding carboxylic acids is 1. The van der Waals surface area contributed by atoms with E-state index >= 15 is 0 Å². The van der Waals surface area contributed by atoms with Gasteiger partial charge in [-0.05, 0) is 55.9 Å². The van der Waals surface area contributed by atoms with Crippen molar-refractivity contribution < 1.29 is 9.53 Å². The summed E-state index contributed by atoms with van der Waals surface area (Å²) in [6, 6.07) is 0. The van der Waals surface area contributed by atoms with Crippen molar-refractivity contribution in [3.8, 4) is 0 Å². The van der Waals surface area contributed by atoms with Gasteiger partial charge >= 0.3 is 5.97 Å². The Kier molecular flexibility index (Phi) is 4.17. The van der Waals surface area contributed by atoms with Crippen LogP contribution in [0.25, 0.3) is 0 Å². The van der Waals surface area contributed by atoms with Gasteiger partial charge in [-0.2, -0.15) is 0 Å². The van der Waals surface area contributed by atoms with Crippen LogP contribution in [0, 0.1) is 11.3 Å². The number of hydrogen-bond acceptors (Lipinski definition) is 2. The SMILES string of the molecule is CC(=O)OCC(C)=C1CCC2=CCC[C@@H](C)[C@]2(C)C1. The first-order valence-electron chi connectivity index (χ1n) is 7.44. The first-order valence-corrected chi connectivity index (χ1v) is 7.44. The van der Waals surface area contributed by atoms with Gasteiger partial charge in [0.1, 0.15) is 6.61 Å². The van der Waals surface area contributed by atoms with Gasteiger partial charge in [0.2, 0.25) is 0 Å². The van der Waals surface area contributed by atoms with Crippen LogP contribution in [0.2, 0.25) is 0 Å². The van der Waals surface area contributed by atoms with Crippen molar-refractivity contribution in [2.45, 2.75) is 59.8 Å². The Morgan fingerprint density at radius 2 is 2.16 bits per heavy atom. The van der Waals surface area contributed by atoms with Crippen LogP contribution in [-0.4, -0.2) is 12.6 Å². The van der Waals surface area contributed by atoms with E-state index < -0.39 is 0 Å². The van der Waals surface area contributed by atoms with Crippen LogP contribution >= 0.6 is 0 Å². The lowest BCUT2D eigenvalue weighted by molar-refractivity contribution is -0.139. The predicted molar refractivity (Wildman–Crippen MR) is 77.8 cm³/mol. The van der Waals surface area contributed by atoms with Crippen LogP contribution in [0.3, 0.4) is 0 Å². The summed E-state index contributed by atoms with van der Waals surface area (Å²) in [4.78, 5) is 10.9. The van der Waals surface area contributed by atoms with E-state index in [-0.39, 0.29) is 5.97 Å². The summed E-state index contributed by atoms with van der Waals surface area (Å²) in [5.41, 5.74) is 4.77. The van der Waals surface area contributed by atoms with Crippen molar-refractivity contribution in [1.29, 1.82) is 0 Å². The van der Waals surface area contributed by atoms with Crippen LogP contribution in [-0.2, 0) is 9.53 Å². The topological polar surface area (TPSA) is 26.3 Å². The fraction of sp³-hybridized carbons (Fsp3) is 0.706. The van der Waals surface area contributed by atoms with Gasteiger partial charge in [-0.15, -0.1) is 0 Å². The molecule has 1 fully saturated rings. The molecule has 0 aliphatic heterocycles. The lowest BCUT2D eigenvalue weighted by Gasteiger charge is -2.45. The summed E-state index contributed by atoms with van der Waals surface area (Å²) in [6.07, 6.45) is 8.49. The second-order valence-corrected chi connectivity index (χ2v) is 6.47. The molecule has 2 nitrogen and oxygen atoms in total. The zero-order chi connectivity index (χ0) is 14.0. The Morgan fingerprint density at radius 3 is 2.84 bits per heavy atom. The molecular weight excluding hydrogens is 236 g/mol. The van der Waals surface area contributed by atoms with E-state index in [4.69, 9.17) is 4.74 Å². The third kappa shape index (κ3) is 2.93. The summed E-state index contributed by atoms with van der Waals surface area (Å²) < 4.78 is 5.14. The smallest absolute Gasteiger partial charge is 0.302 e. The van der Waals surface area contributed by atoms with E-state index in [1.54, 1.807) is 5.57 Å². The fourth-order valence-electron chi connectivity index (χ4n) is 3.54. The molecule has 2 rings (SSSR count). The number of allylic oxidation sites excluding steroid dienone is 3. The van der Waals surface area contributed by atoms with Gasteiger partial charge in [-0.1, -0.05) is 31.1 Å². The second-order valence-electron chi connectivity index (χ2n) is 6.47. The van der Waals surface area contributed by atoms with Crippen molar-refractivity contribution in [2.75, 3.05) is 6.61 Å². The number of carbonyl (C=O) groups is 1. The highest BCUT2D eigenvalue weighted by Gasteiger charge is 2.40. The molecule has 2 heteroatoms. The highest BCUT2D eigenvalue weighted by atomic mass is 16.5. The van der Waals surface area contributed by atoms with Crippen LogP contribution in [0.5, 0.6) is 0 Å². The highest BCUT2D eigenvalue weighted by molar-refractivity contribution is 5.66. The first kappa shape index (κ1) is 14.4. The molecule has 106 valence electrons. The van der Waals surface area contributed by atoms with Crippen molar-refractivity contribution >= 4 is 5.97 Å². The van der Waals surface area contributed by atoms with Crippen LogP contribution in [0.4, 0.5) is 0 Å². The van der Waals surface area contributed by atoms with Crippen LogP contribution < -0.4 is 0 Å². The molecule has 2 aliphatic carbocycles. The molecule has 19 heavy (non-hydrogen) atoms. The van der Waals surface area contributed by atoms with Crippen molar-refractivity contribution in [3.63, 3.8) is 0 Å². The number of hydrogen-bond donors (Lipinski definition) is 0. The molecule has 0 unspecified atom stereocenters. The van der Waals surface area contributed by atoms with Crippen LogP contribution in [0.1, 0.15) is 59.8 Å². The molecule has 0 saturated heterocycles. The first-order chi connectivity index (χ1) is 8.93. The maximum Gasteiger partial charge on any atom is 0.302 e. The number of rotatable bonds is 2. The molecule has 0 aromatic heterocycles. The molecule has 2 atom stereocenters. The van der Waals surface area contributed by atoms with Crippen molar-refractivity contribution in [3.05, 3.63) is 22.8 Å². The lowest BCUT2D eigenvalue weighted by Crippen LogP contribution is -2.34. The Bertz CT molecular complexity index is 431. The van der Waals surface area contributed by atoms with Crippen molar-refractivity contribution in [1.82, 2.24) is 0 Å². The largest absolute Gasteiger partial charge is 0.461 e. The zero-order valence-electron chi connectivity index (χ0n) is 12.7. The number of ether oxygens (including phenoxy) is 1. The van der Waals surface area contributed by atoms with Crippen LogP contribution in [0.15, 0.2) is 22.8 Å². The highest BCUT2D eigenvalue weighted by Crippen LogP contribution is 2.52. The minimum Gasteiger partial charge on any atom is -0.461 e. The molecule has 0 amide bonds. The Balaban J connectivity index is 2.15. The summed E-state index contributed by atoms with van der Waals surface area (Å²) in [5.74, 6) is 0.568. The Morgan fingerprint density at radius 1 is 1.42 bits per heavy atom. The molecule has 1 saturated carbocycles. The van der Waals surface area contributed by atoms with Gasteiger partial charge in [0.15, 0.2) is 0 Å². The van der Waals surface area contributed by atoms with E-state index in [1.165, 1.54) is 37.3 Å². The molecule has 0 bridgehead atoms. The zero-order valence-corrected chi connectivity index (χ0v) is 12.7. The summed E-state index contributed by atoms with van der Waals surface area (Å²) in [5, 5.41) is 0. The van der Waals surface area contributed by atoms with E-state index in [0.29, 0.717) is 12.0 Å². The molecule has 0 N–H and O–H groups in total. The summed E-state index contributed by atoms with van der Waals surface area (Å²) in [7, 11) is 0. The van der Waals surface area contributed by atoms with Crippen molar-refractivity contribution in [2.24, 2.45) is 11.3 Å². The molecule has 0 spiro atoms. The molecular formula is C17H26O2. The third-order valence-corrected chi connectivity index (χ3v) is 5.18. The van der Waals surface area contributed by atoms with Gasteiger partial charge in [-0.25, -0.2) is 0 Å². The Hall–Kier alpha value is -1.05. The molecule has 0 aromatic carbocycles. The number of fused-ring (bicyclic) bond motifs is 1. The Labute approximate surface area is 116 Å². The second kappa shape index (κ2) is 5.52. The maximum absolute atomic E-state index is 10.9. The average Bonchev–Trinajstić information content (AvgIpc) is 2.36. The van der Waals surface area contributed by atoms with Gasteiger partial charge < -0.3 is 4.74 Å². The van der Waals surface area contributed by atoms with Gasteiger partial charge in [0.05, 0.1) is 0 Å².